The normalized spacial score (nSPS) is 17.3. The van der Waals surface area contributed by atoms with Crippen molar-refractivity contribution in [3.63, 3.8) is 0 Å². The molecule has 1 atom stereocenters. The summed E-state index contributed by atoms with van der Waals surface area (Å²) in [5.74, 6) is 1.51. The standard InChI is InChI=1S/C18H22FN3O3/c1-12(2)10-17(23)22-9-3-4-15(22)18-20-16(25-21-18)11-24-14-7-5-13(19)6-8-14/h5-8,12,15H,3-4,9-11H2,1-2H3. The molecule has 0 bridgehead atoms. The summed E-state index contributed by atoms with van der Waals surface area (Å²) in [6.07, 6.45) is 2.29. The molecule has 1 fully saturated rings. The molecule has 0 N–H and O–H groups in total. The van der Waals surface area contributed by atoms with Crippen LogP contribution in [-0.4, -0.2) is 27.5 Å². The van der Waals surface area contributed by atoms with Crippen LogP contribution in [-0.2, 0) is 11.4 Å². The maximum Gasteiger partial charge on any atom is 0.264 e. The molecule has 1 aromatic heterocycles. The van der Waals surface area contributed by atoms with Gasteiger partial charge in [0.15, 0.2) is 12.4 Å². The number of carbonyl (C=O) groups excluding carboxylic acids is 1. The molecular formula is C18H22FN3O3. The number of likely N-dealkylation sites (tertiary alicyclic amines) is 1. The topological polar surface area (TPSA) is 68.5 Å². The molecule has 0 spiro atoms. The van der Waals surface area contributed by atoms with E-state index in [9.17, 15) is 9.18 Å². The predicted molar refractivity (Wildman–Crippen MR) is 88.2 cm³/mol. The second kappa shape index (κ2) is 7.63. The van der Waals surface area contributed by atoms with Crippen LogP contribution in [0.4, 0.5) is 4.39 Å². The molecule has 2 aromatic rings. The first-order valence-electron chi connectivity index (χ1n) is 8.53. The van der Waals surface area contributed by atoms with Gasteiger partial charge in [-0.3, -0.25) is 4.79 Å². The van der Waals surface area contributed by atoms with E-state index in [0.29, 0.717) is 29.8 Å². The fourth-order valence-electron chi connectivity index (χ4n) is 2.94. The molecule has 1 aromatic carbocycles. The van der Waals surface area contributed by atoms with Gasteiger partial charge in [-0.1, -0.05) is 19.0 Å². The van der Waals surface area contributed by atoms with Crippen molar-refractivity contribution in [3.8, 4) is 5.75 Å². The lowest BCUT2D eigenvalue weighted by molar-refractivity contribution is -0.133. The zero-order valence-electron chi connectivity index (χ0n) is 14.4. The van der Waals surface area contributed by atoms with Crippen molar-refractivity contribution in [1.82, 2.24) is 15.0 Å². The number of halogens is 1. The zero-order valence-corrected chi connectivity index (χ0v) is 14.4. The third-order valence-corrected chi connectivity index (χ3v) is 4.11. The third kappa shape index (κ3) is 4.35. The number of ether oxygens (including phenoxy) is 1. The molecule has 7 heteroatoms. The molecule has 25 heavy (non-hydrogen) atoms. The lowest BCUT2D eigenvalue weighted by Crippen LogP contribution is -2.31. The summed E-state index contributed by atoms with van der Waals surface area (Å²) in [6, 6.07) is 5.59. The van der Waals surface area contributed by atoms with Crippen molar-refractivity contribution in [3.05, 3.63) is 41.8 Å². The van der Waals surface area contributed by atoms with Crippen LogP contribution in [0.2, 0.25) is 0 Å². The summed E-state index contributed by atoms with van der Waals surface area (Å²) in [5.41, 5.74) is 0. The minimum absolute atomic E-state index is 0.102. The van der Waals surface area contributed by atoms with E-state index in [0.717, 1.165) is 19.4 Å². The Bertz CT molecular complexity index is 715. The summed E-state index contributed by atoms with van der Waals surface area (Å²) in [4.78, 5) is 18.6. The van der Waals surface area contributed by atoms with E-state index in [1.54, 1.807) is 0 Å². The van der Waals surface area contributed by atoms with Crippen LogP contribution in [0.5, 0.6) is 5.75 Å². The Balaban J connectivity index is 1.62. The molecule has 1 aliphatic heterocycles. The number of hydrogen-bond donors (Lipinski definition) is 0. The van der Waals surface area contributed by atoms with Crippen molar-refractivity contribution in [2.45, 2.75) is 45.8 Å². The van der Waals surface area contributed by atoms with E-state index in [1.807, 2.05) is 18.7 Å². The highest BCUT2D eigenvalue weighted by molar-refractivity contribution is 5.77. The van der Waals surface area contributed by atoms with Gasteiger partial charge in [-0.2, -0.15) is 4.98 Å². The van der Waals surface area contributed by atoms with E-state index in [1.165, 1.54) is 24.3 Å². The molecule has 1 amide bonds. The summed E-state index contributed by atoms with van der Waals surface area (Å²) in [5, 5.41) is 4.02. The molecular weight excluding hydrogens is 325 g/mol. The van der Waals surface area contributed by atoms with Crippen LogP contribution >= 0.6 is 0 Å². The summed E-state index contributed by atoms with van der Waals surface area (Å²) in [7, 11) is 0. The number of carbonyl (C=O) groups is 1. The molecule has 1 saturated heterocycles. The first kappa shape index (κ1) is 17.4. The SMILES string of the molecule is CC(C)CC(=O)N1CCCC1c1noc(COc2ccc(F)cc2)n1. The number of benzene rings is 1. The first-order chi connectivity index (χ1) is 12.0. The van der Waals surface area contributed by atoms with E-state index in [2.05, 4.69) is 10.1 Å². The summed E-state index contributed by atoms with van der Waals surface area (Å²) in [6.45, 7) is 4.89. The fourth-order valence-corrected chi connectivity index (χ4v) is 2.94. The van der Waals surface area contributed by atoms with Crippen LogP contribution in [0.15, 0.2) is 28.8 Å². The monoisotopic (exact) mass is 347 g/mol. The van der Waals surface area contributed by atoms with Gasteiger partial charge in [0.2, 0.25) is 5.91 Å². The minimum atomic E-state index is -0.320. The van der Waals surface area contributed by atoms with Crippen LogP contribution in [0.3, 0.4) is 0 Å². The second-order valence-corrected chi connectivity index (χ2v) is 6.63. The van der Waals surface area contributed by atoms with Gasteiger partial charge in [0.1, 0.15) is 11.6 Å². The molecule has 3 rings (SSSR count). The Morgan fingerprint density at radius 2 is 2.16 bits per heavy atom. The van der Waals surface area contributed by atoms with E-state index in [4.69, 9.17) is 9.26 Å². The Morgan fingerprint density at radius 1 is 1.40 bits per heavy atom. The van der Waals surface area contributed by atoms with Crippen molar-refractivity contribution >= 4 is 5.91 Å². The van der Waals surface area contributed by atoms with E-state index in [-0.39, 0.29) is 24.4 Å². The first-order valence-corrected chi connectivity index (χ1v) is 8.53. The van der Waals surface area contributed by atoms with Gasteiger partial charge in [-0.05, 0) is 43.0 Å². The number of hydrogen-bond acceptors (Lipinski definition) is 5. The van der Waals surface area contributed by atoms with Crippen molar-refractivity contribution in [2.24, 2.45) is 5.92 Å². The maximum atomic E-state index is 12.9. The average molecular weight is 347 g/mol. The molecule has 0 aliphatic carbocycles. The van der Waals surface area contributed by atoms with Crippen LogP contribution in [0.1, 0.15) is 50.9 Å². The fraction of sp³-hybridized carbons (Fsp3) is 0.500. The largest absolute Gasteiger partial charge is 0.484 e. The van der Waals surface area contributed by atoms with E-state index < -0.39 is 0 Å². The quantitative estimate of drug-likeness (QED) is 0.800. The lowest BCUT2D eigenvalue weighted by Gasteiger charge is -2.23. The van der Waals surface area contributed by atoms with Gasteiger partial charge in [-0.25, -0.2) is 4.39 Å². The van der Waals surface area contributed by atoms with Crippen molar-refractivity contribution in [2.75, 3.05) is 6.54 Å². The highest BCUT2D eigenvalue weighted by Crippen LogP contribution is 2.31. The highest BCUT2D eigenvalue weighted by atomic mass is 19.1. The molecule has 6 nitrogen and oxygen atoms in total. The number of nitrogens with zero attached hydrogens (tertiary/aromatic N) is 3. The average Bonchev–Trinajstić information content (AvgIpc) is 3.22. The predicted octanol–water partition coefficient (Wildman–Crippen LogP) is 3.50. The van der Waals surface area contributed by atoms with Gasteiger partial charge >= 0.3 is 0 Å². The smallest absolute Gasteiger partial charge is 0.264 e. The van der Waals surface area contributed by atoms with Gasteiger partial charge in [-0.15, -0.1) is 0 Å². The Morgan fingerprint density at radius 3 is 2.88 bits per heavy atom. The second-order valence-electron chi connectivity index (χ2n) is 6.63. The van der Waals surface area contributed by atoms with Crippen LogP contribution in [0.25, 0.3) is 0 Å². The molecule has 1 aliphatic rings. The van der Waals surface area contributed by atoms with Crippen molar-refractivity contribution in [1.29, 1.82) is 0 Å². The molecule has 2 heterocycles. The molecule has 134 valence electrons. The molecule has 1 unspecified atom stereocenters. The lowest BCUT2D eigenvalue weighted by atomic mass is 10.1. The maximum absolute atomic E-state index is 12.9. The van der Waals surface area contributed by atoms with Gasteiger partial charge in [0.25, 0.3) is 5.89 Å². The summed E-state index contributed by atoms with van der Waals surface area (Å²) < 4.78 is 23.6. The minimum Gasteiger partial charge on any atom is -0.484 e. The Kier molecular flexibility index (Phi) is 5.31. The zero-order chi connectivity index (χ0) is 17.8. The van der Waals surface area contributed by atoms with Crippen LogP contribution in [0, 0.1) is 11.7 Å². The van der Waals surface area contributed by atoms with Gasteiger partial charge in [0.05, 0.1) is 6.04 Å². The van der Waals surface area contributed by atoms with E-state index >= 15 is 0 Å². The third-order valence-electron chi connectivity index (χ3n) is 4.11. The Hall–Kier alpha value is -2.44. The number of amides is 1. The van der Waals surface area contributed by atoms with Crippen LogP contribution < -0.4 is 4.74 Å². The van der Waals surface area contributed by atoms with Gasteiger partial charge in [0, 0.05) is 13.0 Å². The highest BCUT2D eigenvalue weighted by Gasteiger charge is 2.33. The molecule has 0 saturated carbocycles. The summed E-state index contributed by atoms with van der Waals surface area (Å²) >= 11 is 0. The number of rotatable bonds is 6. The Labute approximate surface area is 146 Å². The van der Waals surface area contributed by atoms with Gasteiger partial charge < -0.3 is 14.2 Å². The van der Waals surface area contributed by atoms with Crippen molar-refractivity contribution < 1.29 is 18.4 Å². The molecule has 0 radical (unpaired) electrons. The number of aromatic nitrogens is 2.